The molecule has 2 aromatic heterocycles. The summed E-state index contributed by atoms with van der Waals surface area (Å²) in [5, 5.41) is 2.82. The Bertz CT molecular complexity index is 1460. The minimum Gasteiger partial charge on any atom is -0.439 e. The van der Waals surface area contributed by atoms with Crippen molar-refractivity contribution in [3.05, 3.63) is 89.8 Å². The third-order valence-electron chi connectivity index (χ3n) is 6.15. The van der Waals surface area contributed by atoms with Crippen LogP contribution in [-0.4, -0.2) is 48.7 Å². The van der Waals surface area contributed by atoms with Crippen molar-refractivity contribution in [1.82, 2.24) is 24.4 Å². The molecule has 0 saturated heterocycles. The fourth-order valence-electron chi connectivity index (χ4n) is 4.04. The lowest BCUT2D eigenvalue weighted by atomic mass is 10.1. The minimum atomic E-state index is -0.317. The molecule has 186 valence electrons. The number of amides is 3. The second-order valence-electron chi connectivity index (χ2n) is 8.59. The van der Waals surface area contributed by atoms with E-state index >= 15 is 0 Å². The molecule has 0 unspecified atom stereocenters. The van der Waals surface area contributed by atoms with Gasteiger partial charge in [0, 0.05) is 30.4 Å². The zero-order valence-corrected chi connectivity index (χ0v) is 20.3. The molecule has 0 bridgehead atoms. The van der Waals surface area contributed by atoms with E-state index < -0.39 is 0 Å². The van der Waals surface area contributed by atoms with Crippen molar-refractivity contribution >= 4 is 23.4 Å². The molecule has 10 heteroatoms. The topological polar surface area (TPSA) is 119 Å². The van der Waals surface area contributed by atoms with Gasteiger partial charge in [-0.25, -0.2) is 15.0 Å². The van der Waals surface area contributed by atoms with Crippen LogP contribution in [0.1, 0.15) is 44.9 Å². The van der Waals surface area contributed by atoms with Crippen molar-refractivity contribution in [2.45, 2.75) is 26.7 Å². The van der Waals surface area contributed by atoms with Crippen LogP contribution in [0.4, 0.5) is 5.69 Å². The Morgan fingerprint density at radius 2 is 1.65 bits per heavy atom. The smallest absolute Gasteiger partial charge is 0.261 e. The highest BCUT2D eigenvalue weighted by Crippen LogP contribution is 2.24. The SMILES string of the molecule is Cc1ncn(-c2cc(Oc3ccc(NC(=O)CCCN4C(=O)c5ccccc5C4=O)cc3)ncn2)c1C. The van der Waals surface area contributed by atoms with E-state index in [0.29, 0.717) is 40.7 Å². The Kier molecular flexibility index (Phi) is 6.46. The van der Waals surface area contributed by atoms with Crippen LogP contribution in [-0.2, 0) is 4.79 Å². The van der Waals surface area contributed by atoms with Crippen LogP contribution in [0.25, 0.3) is 5.82 Å². The van der Waals surface area contributed by atoms with E-state index in [2.05, 4.69) is 20.3 Å². The number of anilines is 1. The van der Waals surface area contributed by atoms with Gasteiger partial charge < -0.3 is 10.1 Å². The first kappa shape index (κ1) is 23.9. The Balaban J connectivity index is 1.13. The standard InChI is InChI=1S/C27H24N6O4/c1-17-18(2)33(16-30-17)23-14-25(29-15-28-23)37-20-11-9-19(10-12-20)31-24(34)8-5-13-32-26(35)21-6-3-4-7-22(21)27(32)36/h3-4,6-7,9-12,14-16H,5,8,13H2,1-2H3,(H,31,34). The third-order valence-corrected chi connectivity index (χ3v) is 6.15. The van der Waals surface area contributed by atoms with Crippen LogP contribution >= 0.6 is 0 Å². The number of ether oxygens (including phenoxy) is 1. The molecule has 0 spiro atoms. The van der Waals surface area contributed by atoms with Gasteiger partial charge in [-0.3, -0.25) is 23.9 Å². The van der Waals surface area contributed by atoms with E-state index in [1.165, 1.54) is 11.2 Å². The number of benzene rings is 2. The highest BCUT2D eigenvalue weighted by atomic mass is 16.5. The fraction of sp³-hybridized carbons (Fsp3) is 0.185. The maximum atomic E-state index is 12.4. The highest BCUT2D eigenvalue weighted by molar-refractivity contribution is 6.21. The molecule has 37 heavy (non-hydrogen) atoms. The van der Waals surface area contributed by atoms with Crippen LogP contribution in [0.15, 0.2) is 67.3 Å². The van der Waals surface area contributed by atoms with Crippen molar-refractivity contribution < 1.29 is 19.1 Å². The Labute approximate surface area is 213 Å². The van der Waals surface area contributed by atoms with E-state index in [9.17, 15) is 14.4 Å². The molecule has 0 atom stereocenters. The van der Waals surface area contributed by atoms with Crippen LogP contribution in [0.5, 0.6) is 11.6 Å². The summed E-state index contributed by atoms with van der Waals surface area (Å²) in [6.45, 7) is 4.08. The van der Waals surface area contributed by atoms with Crippen LogP contribution in [0, 0.1) is 13.8 Å². The number of rotatable bonds is 8. The minimum absolute atomic E-state index is 0.169. The first-order valence-corrected chi connectivity index (χ1v) is 11.8. The zero-order chi connectivity index (χ0) is 25.9. The molecule has 10 nitrogen and oxygen atoms in total. The summed E-state index contributed by atoms with van der Waals surface area (Å²) < 4.78 is 7.71. The fourth-order valence-corrected chi connectivity index (χ4v) is 4.04. The summed E-state index contributed by atoms with van der Waals surface area (Å²) in [4.78, 5) is 51.2. The van der Waals surface area contributed by atoms with Gasteiger partial charge in [0.2, 0.25) is 11.8 Å². The van der Waals surface area contributed by atoms with Gasteiger partial charge in [0.1, 0.15) is 24.2 Å². The van der Waals surface area contributed by atoms with E-state index in [4.69, 9.17) is 4.74 Å². The summed E-state index contributed by atoms with van der Waals surface area (Å²) in [6, 6.07) is 15.4. The number of fused-ring (bicyclic) bond motifs is 1. The molecular formula is C27H24N6O4. The van der Waals surface area contributed by atoms with Crippen LogP contribution in [0.2, 0.25) is 0 Å². The number of hydrogen-bond acceptors (Lipinski definition) is 7. The number of imidazole rings is 1. The highest BCUT2D eigenvalue weighted by Gasteiger charge is 2.34. The second kappa shape index (κ2) is 10.0. The monoisotopic (exact) mass is 496 g/mol. The number of imide groups is 1. The van der Waals surface area contributed by atoms with Gasteiger partial charge >= 0.3 is 0 Å². The predicted molar refractivity (Wildman–Crippen MR) is 135 cm³/mol. The van der Waals surface area contributed by atoms with Crippen molar-refractivity contribution in [3.63, 3.8) is 0 Å². The van der Waals surface area contributed by atoms with Gasteiger partial charge in [-0.1, -0.05) is 12.1 Å². The Hall–Kier alpha value is -4.86. The van der Waals surface area contributed by atoms with Gasteiger partial charge in [-0.2, -0.15) is 0 Å². The van der Waals surface area contributed by atoms with E-state index in [1.54, 1.807) is 60.9 Å². The van der Waals surface area contributed by atoms with Gasteiger partial charge in [0.25, 0.3) is 11.8 Å². The van der Waals surface area contributed by atoms with Crippen molar-refractivity contribution in [1.29, 1.82) is 0 Å². The first-order chi connectivity index (χ1) is 17.9. The number of carbonyl (C=O) groups is 3. The van der Waals surface area contributed by atoms with Gasteiger partial charge in [-0.05, 0) is 56.7 Å². The van der Waals surface area contributed by atoms with E-state index in [-0.39, 0.29) is 30.7 Å². The molecule has 5 rings (SSSR count). The van der Waals surface area contributed by atoms with Gasteiger partial charge in [0.05, 0.1) is 16.8 Å². The van der Waals surface area contributed by atoms with Crippen LogP contribution in [0.3, 0.4) is 0 Å². The van der Waals surface area contributed by atoms with E-state index in [0.717, 1.165) is 11.4 Å². The summed E-state index contributed by atoms with van der Waals surface area (Å²) in [7, 11) is 0. The maximum absolute atomic E-state index is 12.4. The molecule has 3 amide bonds. The molecule has 0 aliphatic carbocycles. The molecule has 0 radical (unpaired) electrons. The predicted octanol–water partition coefficient (Wildman–Crippen LogP) is 4.09. The molecule has 0 fully saturated rings. The number of nitrogens with one attached hydrogen (secondary N) is 1. The lowest BCUT2D eigenvalue weighted by Gasteiger charge is -2.13. The number of nitrogens with zero attached hydrogens (tertiary/aromatic N) is 5. The number of aryl methyl sites for hydroxylation is 1. The molecular weight excluding hydrogens is 472 g/mol. The van der Waals surface area contributed by atoms with E-state index in [1.807, 2.05) is 18.4 Å². The maximum Gasteiger partial charge on any atom is 0.261 e. The largest absolute Gasteiger partial charge is 0.439 e. The lowest BCUT2D eigenvalue weighted by molar-refractivity contribution is -0.116. The lowest BCUT2D eigenvalue weighted by Crippen LogP contribution is -2.31. The number of aromatic nitrogens is 4. The number of carbonyl (C=O) groups excluding carboxylic acids is 3. The quantitative estimate of drug-likeness (QED) is 0.365. The molecule has 0 saturated carbocycles. The summed E-state index contributed by atoms with van der Waals surface area (Å²) in [5.74, 6) is 0.725. The molecule has 1 aliphatic rings. The molecule has 2 aromatic carbocycles. The van der Waals surface area contributed by atoms with Gasteiger partial charge in [-0.15, -0.1) is 0 Å². The summed E-state index contributed by atoms with van der Waals surface area (Å²) in [5.41, 5.74) is 3.32. The Morgan fingerprint density at radius 1 is 0.946 bits per heavy atom. The van der Waals surface area contributed by atoms with Crippen molar-refractivity contribution in [2.24, 2.45) is 0 Å². The van der Waals surface area contributed by atoms with Crippen LogP contribution < -0.4 is 10.1 Å². The molecule has 1 N–H and O–H groups in total. The van der Waals surface area contributed by atoms with Crippen molar-refractivity contribution in [3.8, 4) is 17.4 Å². The van der Waals surface area contributed by atoms with Gasteiger partial charge in [0.15, 0.2) is 0 Å². The number of hydrogen-bond donors (Lipinski definition) is 1. The zero-order valence-electron chi connectivity index (χ0n) is 20.3. The average Bonchev–Trinajstić information content (AvgIpc) is 3.36. The molecule has 3 heterocycles. The normalized spacial score (nSPS) is 12.5. The first-order valence-electron chi connectivity index (χ1n) is 11.8. The summed E-state index contributed by atoms with van der Waals surface area (Å²) >= 11 is 0. The molecule has 4 aromatic rings. The Morgan fingerprint density at radius 3 is 2.30 bits per heavy atom. The van der Waals surface area contributed by atoms with Crippen molar-refractivity contribution in [2.75, 3.05) is 11.9 Å². The average molecular weight is 497 g/mol. The summed E-state index contributed by atoms with van der Waals surface area (Å²) in [6.07, 6.45) is 3.66. The molecule has 1 aliphatic heterocycles. The second-order valence-corrected chi connectivity index (χ2v) is 8.59. The third kappa shape index (κ3) is 4.94.